The Hall–Kier alpha value is 0.460. The van der Waals surface area contributed by atoms with Gasteiger partial charge in [-0.25, -0.2) is 0 Å². The van der Waals surface area contributed by atoms with Gasteiger partial charge in [-0.3, -0.25) is 4.57 Å². The number of ether oxygens (including phenoxy) is 1. The van der Waals surface area contributed by atoms with Gasteiger partial charge in [-0.1, -0.05) is 90.4 Å². The molecule has 0 rings (SSSR count). The zero-order valence-corrected chi connectivity index (χ0v) is 21.5. The number of rotatable bonds is 23. The fourth-order valence-corrected chi connectivity index (χ4v) is 5.70. The van der Waals surface area contributed by atoms with E-state index in [4.69, 9.17) is 13.8 Å². The van der Waals surface area contributed by atoms with Gasteiger partial charge in [-0.2, -0.15) is 11.8 Å². The summed E-state index contributed by atoms with van der Waals surface area (Å²) in [6.45, 7) is 2.28. The van der Waals surface area contributed by atoms with E-state index < -0.39 is 7.60 Å². The van der Waals surface area contributed by atoms with Crippen LogP contribution in [0, 0.1) is 0 Å². The molecule has 0 aliphatic heterocycles. The molecule has 1 atom stereocenters. The van der Waals surface area contributed by atoms with Crippen LogP contribution in [0.15, 0.2) is 0 Å². The molecule has 0 saturated heterocycles. The minimum Gasteiger partial charge on any atom is -0.381 e. The van der Waals surface area contributed by atoms with Crippen molar-refractivity contribution in [3.63, 3.8) is 0 Å². The monoisotopic (exact) mass is 452 g/mol. The maximum atomic E-state index is 12.1. The Morgan fingerprint density at radius 3 is 1.59 bits per heavy atom. The van der Waals surface area contributed by atoms with Crippen LogP contribution in [-0.4, -0.2) is 45.1 Å². The molecule has 0 bridgehead atoms. The molecule has 4 nitrogen and oxygen atoms in total. The summed E-state index contributed by atoms with van der Waals surface area (Å²) in [5.41, 5.74) is 0. The number of hydrogen-bond acceptors (Lipinski definition) is 5. The lowest BCUT2D eigenvalue weighted by Gasteiger charge is -2.18. The van der Waals surface area contributed by atoms with E-state index in [2.05, 4.69) is 6.92 Å². The first-order valence-electron chi connectivity index (χ1n) is 11.9. The second kappa shape index (κ2) is 21.7. The van der Waals surface area contributed by atoms with Crippen molar-refractivity contribution in [2.45, 2.75) is 109 Å². The summed E-state index contributed by atoms with van der Waals surface area (Å²) in [7, 11) is 1.69. The fourth-order valence-electron chi connectivity index (χ4n) is 3.44. The van der Waals surface area contributed by atoms with Crippen molar-refractivity contribution in [2.24, 2.45) is 0 Å². The Labute approximate surface area is 186 Å². The molecule has 6 heteroatoms. The van der Waals surface area contributed by atoms with Gasteiger partial charge in [-0.15, -0.1) is 0 Å². The van der Waals surface area contributed by atoms with Gasteiger partial charge in [0.15, 0.2) is 0 Å². The third-order valence-electron chi connectivity index (χ3n) is 5.56. The first kappa shape index (κ1) is 29.5. The van der Waals surface area contributed by atoms with E-state index in [1.807, 2.05) is 11.8 Å². The van der Waals surface area contributed by atoms with Crippen LogP contribution in [-0.2, 0) is 18.3 Å². The minimum atomic E-state index is -2.91. The Morgan fingerprint density at radius 1 is 0.724 bits per heavy atom. The summed E-state index contributed by atoms with van der Waals surface area (Å²) in [6.07, 6.45) is 20.9. The van der Waals surface area contributed by atoms with E-state index in [-0.39, 0.29) is 6.10 Å². The van der Waals surface area contributed by atoms with Gasteiger partial charge in [0.25, 0.3) is 0 Å². The van der Waals surface area contributed by atoms with Crippen molar-refractivity contribution in [3.8, 4) is 0 Å². The quantitative estimate of drug-likeness (QED) is 0.116. The summed E-state index contributed by atoms with van der Waals surface area (Å²) < 4.78 is 27.6. The Bertz CT molecular complexity index is 374. The zero-order valence-electron chi connectivity index (χ0n) is 19.8. The lowest BCUT2D eigenvalue weighted by molar-refractivity contribution is 0.117. The van der Waals surface area contributed by atoms with Crippen LogP contribution in [0.25, 0.3) is 0 Å². The van der Waals surface area contributed by atoms with Gasteiger partial charge in [0.2, 0.25) is 0 Å². The van der Waals surface area contributed by atoms with E-state index in [0.29, 0.717) is 12.6 Å². The highest BCUT2D eigenvalue weighted by Crippen LogP contribution is 2.47. The molecule has 0 aliphatic carbocycles. The van der Waals surface area contributed by atoms with E-state index in [1.54, 1.807) is 7.11 Å². The van der Waals surface area contributed by atoms with Crippen molar-refractivity contribution in [1.82, 2.24) is 0 Å². The highest BCUT2D eigenvalue weighted by atomic mass is 32.2. The molecule has 0 amide bonds. The van der Waals surface area contributed by atoms with Gasteiger partial charge in [0.1, 0.15) is 0 Å². The largest absolute Gasteiger partial charge is 0.381 e. The number of methoxy groups -OCH3 is 1. The molecule has 0 aromatic heterocycles. The highest BCUT2D eigenvalue weighted by Gasteiger charge is 2.22. The van der Waals surface area contributed by atoms with Crippen LogP contribution in [0.3, 0.4) is 0 Å². The van der Waals surface area contributed by atoms with Crippen LogP contribution in [0.4, 0.5) is 0 Å². The molecule has 0 saturated carbocycles. The Kier molecular flexibility index (Phi) is 22.0. The van der Waals surface area contributed by atoms with Gasteiger partial charge >= 0.3 is 7.60 Å². The first-order chi connectivity index (χ1) is 14.1. The third-order valence-corrected chi connectivity index (χ3v) is 8.66. The van der Waals surface area contributed by atoms with E-state index in [1.165, 1.54) is 110 Å². The molecule has 0 unspecified atom stereocenters. The van der Waals surface area contributed by atoms with Crippen molar-refractivity contribution in [1.29, 1.82) is 0 Å². The zero-order chi connectivity index (χ0) is 21.6. The first-order valence-corrected chi connectivity index (χ1v) is 14.8. The predicted octanol–water partition coefficient (Wildman–Crippen LogP) is 8.09. The van der Waals surface area contributed by atoms with Crippen LogP contribution in [0.2, 0.25) is 0 Å². The van der Waals surface area contributed by atoms with E-state index in [0.717, 1.165) is 5.75 Å². The molecule has 29 heavy (non-hydrogen) atoms. The maximum absolute atomic E-state index is 12.1. The van der Waals surface area contributed by atoms with Crippen LogP contribution < -0.4 is 0 Å². The summed E-state index contributed by atoms with van der Waals surface area (Å²) >= 11 is 1.94. The number of hydrogen-bond donors (Lipinski definition) is 0. The summed E-state index contributed by atoms with van der Waals surface area (Å²) in [5, 5.41) is 0. The Balaban J connectivity index is 3.38. The molecule has 0 aromatic rings. The SMILES string of the molecule is CCCCCCCCCCCCCCCCSC[C@H](CCP(=O)(OC)OC)OC. The Morgan fingerprint density at radius 2 is 1.17 bits per heavy atom. The number of thioether (sulfide) groups is 1. The predicted molar refractivity (Wildman–Crippen MR) is 130 cm³/mol. The average Bonchev–Trinajstić information content (AvgIpc) is 2.75. The average molecular weight is 453 g/mol. The molecule has 0 radical (unpaired) electrons. The molecular weight excluding hydrogens is 403 g/mol. The fraction of sp³-hybridized carbons (Fsp3) is 1.00. The summed E-state index contributed by atoms with van der Waals surface area (Å²) in [6, 6.07) is 0. The lowest BCUT2D eigenvalue weighted by atomic mass is 10.0. The lowest BCUT2D eigenvalue weighted by Crippen LogP contribution is -2.16. The second-order valence-electron chi connectivity index (χ2n) is 8.02. The standard InChI is InChI=1S/C23H49O4PS/c1-5-6-7-8-9-10-11-12-13-14-15-16-17-18-21-29-22-23(25-2)19-20-28(24,26-3)27-4/h23H,5-22H2,1-4H3/t23-/m0/s1. The van der Waals surface area contributed by atoms with Crippen LogP contribution >= 0.6 is 19.4 Å². The third kappa shape index (κ3) is 18.9. The second-order valence-corrected chi connectivity index (χ2v) is 11.6. The molecule has 0 spiro atoms. The van der Waals surface area contributed by atoms with Crippen molar-refractivity contribution in [2.75, 3.05) is 39.0 Å². The molecule has 176 valence electrons. The normalized spacial score (nSPS) is 13.1. The summed E-state index contributed by atoms with van der Waals surface area (Å²) in [4.78, 5) is 0. The van der Waals surface area contributed by atoms with Gasteiger partial charge in [0, 0.05) is 27.1 Å². The van der Waals surface area contributed by atoms with Gasteiger partial charge < -0.3 is 13.8 Å². The van der Waals surface area contributed by atoms with Gasteiger partial charge in [-0.05, 0) is 18.6 Å². The molecule has 0 aliphatic rings. The molecule has 0 aromatic carbocycles. The topological polar surface area (TPSA) is 44.8 Å². The summed E-state index contributed by atoms with van der Waals surface area (Å²) in [5.74, 6) is 2.13. The van der Waals surface area contributed by atoms with Crippen molar-refractivity contribution in [3.05, 3.63) is 0 Å². The molecule has 0 N–H and O–H groups in total. The van der Waals surface area contributed by atoms with Crippen LogP contribution in [0.1, 0.15) is 103 Å². The molecule has 0 fully saturated rings. The van der Waals surface area contributed by atoms with E-state index >= 15 is 0 Å². The highest BCUT2D eigenvalue weighted by molar-refractivity contribution is 7.99. The molecular formula is C23H49O4PS. The van der Waals surface area contributed by atoms with Gasteiger partial charge in [0.05, 0.1) is 12.3 Å². The van der Waals surface area contributed by atoms with E-state index in [9.17, 15) is 4.57 Å². The smallest absolute Gasteiger partial charge is 0.330 e. The van der Waals surface area contributed by atoms with Crippen LogP contribution in [0.5, 0.6) is 0 Å². The minimum absolute atomic E-state index is 0.116. The molecule has 0 heterocycles. The maximum Gasteiger partial charge on any atom is 0.330 e. The number of unbranched alkanes of at least 4 members (excludes halogenated alkanes) is 13. The van der Waals surface area contributed by atoms with Crippen molar-refractivity contribution < 1.29 is 18.3 Å². The van der Waals surface area contributed by atoms with Crippen molar-refractivity contribution >= 4 is 19.4 Å².